The average molecular weight is 433 g/mol. The highest BCUT2D eigenvalue weighted by Gasteiger charge is 2.13. The van der Waals surface area contributed by atoms with Crippen LogP contribution in [0, 0.1) is 0 Å². The third kappa shape index (κ3) is 5.09. The lowest BCUT2D eigenvalue weighted by Gasteiger charge is -2.07. The van der Waals surface area contributed by atoms with Crippen LogP contribution in [0.15, 0.2) is 68.1 Å². The van der Waals surface area contributed by atoms with Gasteiger partial charge in [0.15, 0.2) is 0 Å². The number of phenolic OH excluding ortho intramolecular Hbond substituents is 1. The van der Waals surface area contributed by atoms with Gasteiger partial charge in [-0.2, -0.15) is 0 Å². The number of rotatable bonds is 8. The molecule has 0 aliphatic carbocycles. The number of aliphatic imine (C=N–C) groups is 1. The van der Waals surface area contributed by atoms with E-state index >= 15 is 0 Å². The Morgan fingerprint density at radius 3 is 2.77 bits per heavy atom. The van der Waals surface area contributed by atoms with E-state index in [9.17, 15) is 9.90 Å². The van der Waals surface area contributed by atoms with Crippen LogP contribution in [0.4, 0.5) is 5.13 Å². The molecule has 0 radical (unpaired) electrons. The van der Waals surface area contributed by atoms with Gasteiger partial charge < -0.3 is 9.52 Å². The first-order chi connectivity index (χ1) is 15.1. The van der Waals surface area contributed by atoms with Gasteiger partial charge in [0.2, 0.25) is 5.13 Å². The van der Waals surface area contributed by atoms with Gasteiger partial charge in [0.1, 0.15) is 11.3 Å². The third-order valence-corrected chi connectivity index (χ3v) is 5.87. The number of hydrogen-bond donors (Lipinski definition) is 1. The second-order valence-electron chi connectivity index (χ2n) is 7.46. The third-order valence-electron chi connectivity index (χ3n) is 5.12. The van der Waals surface area contributed by atoms with E-state index < -0.39 is 5.63 Å². The van der Waals surface area contributed by atoms with Crippen LogP contribution in [0.3, 0.4) is 0 Å². The quantitative estimate of drug-likeness (QED) is 0.196. The minimum atomic E-state index is -0.480. The molecule has 31 heavy (non-hydrogen) atoms. The molecular formula is C25H24N2O3S. The standard InChI is InChI=1S/C25H24N2O3S/c1-2-3-4-8-11-18-12-19-13-20(24(29)30-23(19)14-22(18)28)21-16-31-25(27-21)26-15-17-9-6-5-7-10-17/h5-7,9-10,12-16,28H,2-4,8,11H2,1H3. The van der Waals surface area contributed by atoms with Gasteiger partial charge >= 0.3 is 5.63 Å². The molecule has 0 fully saturated rings. The van der Waals surface area contributed by atoms with Gasteiger partial charge in [-0.05, 0) is 36.1 Å². The summed E-state index contributed by atoms with van der Waals surface area (Å²) in [6, 6.07) is 15.0. The summed E-state index contributed by atoms with van der Waals surface area (Å²) in [7, 11) is 0. The molecule has 0 amide bonds. The monoisotopic (exact) mass is 432 g/mol. The number of nitrogens with zero attached hydrogens (tertiary/aromatic N) is 2. The molecule has 2 aromatic heterocycles. The van der Waals surface area contributed by atoms with Crippen LogP contribution in [0.25, 0.3) is 22.2 Å². The first-order valence-corrected chi connectivity index (χ1v) is 11.4. The van der Waals surface area contributed by atoms with Crippen LogP contribution in [0.5, 0.6) is 5.75 Å². The lowest BCUT2D eigenvalue weighted by Crippen LogP contribution is -2.03. The van der Waals surface area contributed by atoms with E-state index in [0.29, 0.717) is 22.0 Å². The average Bonchev–Trinajstić information content (AvgIpc) is 3.25. The molecule has 2 aromatic carbocycles. The minimum Gasteiger partial charge on any atom is -0.508 e. The molecule has 0 aliphatic rings. The first-order valence-electron chi connectivity index (χ1n) is 10.5. The molecule has 4 rings (SSSR count). The molecule has 0 atom stereocenters. The molecule has 4 aromatic rings. The van der Waals surface area contributed by atoms with Gasteiger partial charge in [-0.25, -0.2) is 14.8 Å². The van der Waals surface area contributed by atoms with Crippen molar-refractivity contribution < 1.29 is 9.52 Å². The van der Waals surface area contributed by atoms with Crippen molar-refractivity contribution >= 4 is 33.7 Å². The zero-order valence-corrected chi connectivity index (χ0v) is 18.2. The number of aromatic hydroxyl groups is 1. The van der Waals surface area contributed by atoms with E-state index in [2.05, 4.69) is 16.9 Å². The molecule has 5 nitrogen and oxygen atoms in total. The van der Waals surface area contributed by atoms with Crippen LogP contribution < -0.4 is 5.63 Å². The van der Waals surface area contributed by atoms with E-state index in [1.165, 1.54) is 30.2 Å². The lowest BCUT2D eigenvalue weighted by molar-refractivity contribution is 0.464. The number of aryl methyl sites for hydroxylation is 1. The van der Waals surface area contributed by atoms with Crippen molar-refractivity contribution in [1.29, 1.82) is 0 Å². The Kier molecular flexibility index (Phi) is 6.57. The lowest BCUT2D eigenvalue weighted by atomic mass is 10.0. The smallest absolute Gasteiger partial charge is 0.345 e. The van der Waals surface area contributed by atoms with Crippen molar-refractivity contribution in [1.82, 2.24) is 4.98 Å². The van der Waals surface area contributed by atoms with Gasteiger partial charge in [0.25, 0.3) is 0 Å². The molecule has 158 valence electrons. The van der Waals surface area contributed by atoms with Crippen molar-refractivity contribution in [2.24, 2.45) is 4.99 Å². The SMILES string of the molecule is CCCCCCc1cc2cc(-c3csc(N=Cc4ccccc4)n3)c(=O)oc2cc1O. The highest BCUT2D eigenvalue weighted by atomic mass is 32.1. The largest absolute Gasteiger partial charge is 0.508 e. The van der Waals surface area contributed by atoms with Crippen LogP contribution in [-0.2, 0) is 6.42 Å². The Bertz CT molecular complexity index is 1260. The van der Waals surface area contributed by atoms with Crippen LogP contribution in [0.2, 0.25) is 0 Å². The maximum Gasteiger partial charge on any atom is 0.345 e. The number of fused-ring (bicyclic) bond motifs is 1. The topological polar surface area (TPSA) is 75.7 Å². The zero-order chi connectivity index (χ0) is 21.6. The predicted octanol–water partition coefficient (Wildman–Crippen LogP) is 6.50. The van der Waals surface area contributed by atoms with Crippen molar-refractivity contribution in [3.05, 3.63) is 75.5 Å². The van der Waals surface area contributed by atoms with Crippen molar-refractivity contribution in [2.45, 2.75) is 39.0 Å². The number of benzene rings is 2. The van der Waals surface area contributed by atoms with E-state index in [0.717, 1.165) is 35.8 Å². The molecule has 1 N–H and O–H groups in total. The Morgan fingerprint density at radius 2 is 1.97 bits per heavy atom. The van der Waals surface area contributed by atoms with Crippen molar-refractivity contribution in [3.63, 3.8) is 0 Å². The number of hydrogen-bond acceptors (Lipinski definition) is 6. The van der Waals surface area contributed by atoms with E-state index in [-0.39, 0.29) is 5.75 Å². The molecule has 0 bridgehead atoms. The van der Waals surface area contributed by atoms with Gasteiger partial charge in [-0.1, -0.05) is 56.5 Å². The summed E-state index contributed by atoms with van der Waals surface area (Å²) < 4.78 is 5.48. The summed E-state index contributed by atoms with van der Waals surface area (Å²) in [6.07, 6.45) is 7.06. The molecule has 0 unspecified atom stereocenters. The molecule has 6 heteroatoms. The molecule has 0 saturated carbocycles. The summed E-state index contributed by atoms with van der Waals surface area (Å²) in [4.78, 5) is 21.4. The Morgan fingerprint density at radius 1 is 1.13 bits per heavy atom. The maximum atomic E-state index is 12.5. The normalized spacial score (nSPS) is 11.5. The summed E-state index contributed by atoms with van der Waals surface area (Å²) in [6.45, 7) is 2.17. The van der Waals surface area contributed by atoms with Gasteiger partial charge in [0, 0.05) is 23.0 Å². The van der Waals surface area contributed by atoms with Gasteiger partial charge in [0.05, 0.1) is 11.3 Å². The fourth-order valence-corrected chi connectivity index (χ4v) is 4.10. The Labute approximate surface area is 184 Å². The van der Waals surface area contributed by atoms with Gasteiger partial charge in [-0.3, -0.25) is 0 Å². The summed E-state index contributed by atoms with van der Waals surface area (Å²) in [5.41, 5.74) is 2.68. The predicted molar refractivity (Wildman–Crippen MR) is 127 cm³/mol. The number of thiazole rings is 1. The molecule has 0 saturated heterocycles. The summed E-state index contributed by atoms with van der Waals surface area (Å²) in [5, 5.41) is 13.5. The zero-order valence-electron chi connectivity index (χ0n) is 17.4. The summed E-state index contributed by atoms with van der Waals surface area (Å²) >= 11 is 1.37. The Balaban J connectivity index is 1.61. The fourth-order valence-electron chi connectivity index (χ4n) is 3.44. The van der Waals surface area contributed by atoms with Crippen LogP contribution in [-0.4, -0.2) is 16.3 Å². The Hall–Kier alpha value is -3.25. The van der Waals surface area contributed by atoms with Crippen LogP contribution in [0.1, 0.15) is 43.7 Å². The van der Waals surface area contributed by atoms with Crippen molar-refractivity contribution in [2.75, 3.05) is 0 Å². The minimum absolute atomic E-state index is 0.172. The fraction of sp³-hybridized carbons (Fsp3) is 0.240. The van der Waals surface area contributed by atoms with E-state index in [1.54, 1.807) is 12.3 Å². The molecule has 0 spiro atoms. The maximum absolute atomic E-state index is 12.5. The number of unbranched alkanes of at least 4 members (excludes halogenated alkanes) is 3. The van der Waals surface area contributed by atoms with Gasteiger partial charge in [-0.15, -0.1) is 11.3 Å². The summed E-state index contributed by atoms with van der Waals surface area (Å²) in [5.74, 6) is 0.172. The van der Waals surface area contributed by atoms with Crippen molar-refractivity contribution in [3.8, 4) is 17.0 Å². The molecule has 0 aliphatic heterocycles. The molecular weight excluding hydrogens is 408 g/mol. The van der Waals surface area contributed by atoms with E-state index in [1.807, 2.05) is 41.8 Å². The van der Waals surface area contributed by atoms with Crippen LogP contribution >= 0.6 is 11.3 Å². The number of phenols is 1. The highest BCUT2D eigenvalue weighted by molar-refractivity contribution is 7.13. The first kappa shape index (κ1) is 21.0. The molecule has 2 heterocycles. The second kappa shape index (κ2) is 9.71. The number of aromatic nitrogens is 1. The van der Waals surface area contributed by atoms with E-state index in [4.69, 9.17) is 4.42 Å². The second-order valence-corrected chi connectivity index (χ2v) is 8.30. The highest BCUT2D eigenvalue weighted by Crippen LogP contribution is 2.30.